The van der Waals surface area contributed by atoms with Crippen molar-refractivity contribution >= 4 is 11.4 Å². The van der Waals surface area contributed by atoms with Crippen LogP contribution < -0.4 is 10.9 Å². The Kier molecular flexibility index (Phi) is 4.26. The number of rotatable bonds is 4. The van der Waals surface area contributed by atoms with E-state index in [1.54, 1.807) is 10.7 Å². The molecule has 28 heavy (non-hydrogen) atoms. The molecule has 0 radical (unpaired) electrons. The van der Waals surface area contributed by atoms with Crippen molar-refractivity contribution in [3.63, 3.8) is 0 Å². The first kappa shape index (κ1) is 17.2. The maximum Gasteiger partial charge on any atom is 0.267 e. The molecule has 144 valence electrons. The number of carbonyl (C=O) groups excluding carboxylic acids is 1. The number of hydrogen-bond acceptors (Lipinski definition) is 3. The quantitative estimate of drug-likeness (QED) is 0.760. The smallest absolute Gasteiger partial charge is 0.267 e. The molecule has 0 saturated heterocycles. The molecule has 0 spiro atoms. The van der Waals surface area contributed by atoms with Crippen molar-refractivity contribution in [2.24, 2.45) is 0 Å². The number of hydrogen-bond donors (Lipinski definition) is 1. The minimum absolute atomic E-state index is 0.0163. The minimum atomic E-state index is -0.0295. The highest BCUT2D eigenvalue weighted by Crippen LogP contribution is 2.38. The molecule has 0 aromatic carbocycles. The SMILES string of the molecule is O=C(NC1CCC(n2nc(C3CC3)ccc2=O)CC1)c1cc2ccccn2c1. The molecule has 6 heteroatoms. The molecule has 2 fully saturated rings. The molecule has 2 aliphatic rings. The van der Waals surface area contributed by atoms with Crippen LogP contribution in [0, 0.1) is 0 Å². The summed E-state index contributed by atoms with van der Waals surface area (Å²) in [5.74, 6) is 0.513. The van der Waals surface area contributed by atoms with Crippen LogP contribution >= 0.6 is 0 Å². The van der Waals surface area contributed by atoms with E-state index >= 15 is 0 Å². The van der Waals surface area contributed by atoms with E-state index in [4.69, 9.17) is 0 Å². The van der Waals surface area contributed by atoms with E-state index < -0.39 is 0 Å². The van der Waals surface area contributed by atoms with Crippen LogP contribution in [-0.2, 0) is 0 Å². The van der Waals surface area contributed by atoms with E-state index in [0.717, 1.165) is 36.9 Å². The number of amides is 1. The van der Waals surface area contributed by atoms with Gasteiger partial charge in [-0.15, -0.1) is 0 Å². The van der Waals surface area contributed by atoms with Gasteiger partial charge in [-0.2, -0.15) is 5.10 Å². The van der Waals surface area contributed by atoms with Crippen LogP contribution in [0.4, 0.5) is 0 Å². The van der Waals surface area contributed by atoms with Gasteiger partial charge in [0.25, 0.3) is 11.5 Å². The van der Waals surface area contributed by atoms with Gasteiger partial charge < -0.3 is 9.72 Å². The van der Waals surface area contributed by atoms with E-state index in [2.05, 4.69) is 10.4 Å². The maximum atomic E-state index is 12.6. The minimum Gasteiger partial charge on any atom is -0.349 e. The molecule has 1 N–H and O–H groups in total. The second kappa shape index (κ2) is 6.93. The number of pyridine rings is 1. The van der Waals surface area contributed by atoms with Crippen LogP contribution in [0.15, 0.2) is 53.6 Å². The monoisotopic (exact) mass is 376 g/mol. The highest BCUT2D eigenvalue weighted by molar-refractivity contribution is 5.95. The molecular weight excluding hydrogens is 352 g/mol. The zero-order chi connectivity index (χ0) is 19.1. The van der Waals surface area contributed by atoms with Crippen molar-refractivity contribution in [3.05, 3.63) is 70.4 Å². The van der Waals surface area contributed by atoms with Crippen LogP contribution in [0.2, 0.25) is 0 Å². The van der Waals surface area contributed by atoms with Gasteiger partial charge in [-0.05, 0) is 62.8 Å². The van der Waals surface area contributed by atoms with Crippen molar-refractivity contribution in [1.82, 2.24) is 19.5 Å². The summed E-state index contributed by atoms with van der Waals surface area (Å²) in [6.07, 6.45) is 9.63. The van der Waals surface area contributed by atoms with E-state index in [1.165, 1.54) is 12.8 Å². The van der Waals surface area contributed by atoms with Crippen LogP contribution in [0.25, 0.3) is 5.52 Å². The third-order valence-corrected chi connectivity index (χ3v) is 5.99. The Bertz CT molecular complexity index is 1040. The topological polar surface area (TPSA) is 68.4 Å². The molecule has 3 aromatic heterocycles. The maximum absolute atomic E-state index is 12.6. The first-order chi connectivity index (χ1) is 13.7. The van der Waals surface area contributed by atoms with Gasteiger partial charge in [0, 0.05) is 35.9 Å². The molecule has 0 aliphatic heterocycles. The lowest BCUT2D eigenvalue weighted by Crippen LogP contribution is -2.39. The Morgan fingerprint density at radius 2 is 1.86 bits per heavy atom. The predicted octanol–water partition coefficient (Wildman–Crippen LogP) is 3.29. The summed E-state index contributed by atoms with van der Waals surface area (Å²) in [7, 11) is 0. The fourth-order valence-electron chi connectivity index (χ4n) is 4.21. The number of fused-ring (bicyclic) bond motifs is 1. The third kappa shape index (κ3) is 3.35. The van der Waals surface area contributed by atoms with Gasteiger partial charge in [-0.25, -0.2) is 4.68 Å². The van der Waals surface area contributed by atoms with Gasteiger partial charge in [0.15, 0.2) is 0 Å². The molecule has 1 amide bonds. The molecule has 0 unspecified atom stereocenters. The summed E-state index contributed by atoms with van der Waals surface area (Å²) in [6.45, 7) is 0. The van der Waals surface area contributed by atoms with E-state index in [-0.39, 0.29) is 23.6 Å². The van der Waals surface area contributed by atoms with Crippen LogP contribution in [0.1, 0.15) is 66.5 Å². The lowest BCUT2D eigenvalue weighted by atomic mass is 9.91. The van der Waals surface area contributed by atoms with Gasteiger partial charge >= 0.3 is 0 Å². The van der Waals surface area contributed by atoms with E-state index in [9.17, 15) is 9.59 Å². The lowest BCUT2D eigenvalue weighted by molar-refractivity contribution is 0.0921. The molecule has 5 rings (SSSR count). The number of nitrogens with one attached hydrogen (secondary N) is 1. The second-order valence-corrected chi connectivity index (χ2v) is 8.06. The third-order valence-electron chi connectivity index (χ3n) is 5.99. The molecular formula is C22H24N4O2. The zero-order valence-corrected chi connectivity index (χ0v) is 15.8. The van der Waals surface area contributed by atoms with Crippen molar-refractivity contribution in [2.45, 2.75) is 56.5 Å². The molecule has 2 aliphatic carbocycles. The lowest BCUT2D eigenvalue weighted by Gasteiger charge is -2.29. The normalized spacial score (nSPS) is 22.3. The first-order valence-corrected chi connectivity index (χ1v) is 10.1. The summed E-state index contributed by atoms with van der Waals surface area (Å²) in [5, 5.41) is 7.79. The number of nitrogens with zero attached hydrogens (tertiary/aromatic N) is 3. The largest absolute Gasteiger partial charge is 0.349 e. The number of aromatic nitrogens is 3. The van der Waals surface area contributed by atoms with Crippen LogP contribution in [-0.4, -0.2) is 26.1 Å². The Balaban J connectivity index is 1.23. The van der Waals surface area contributed by atoms with Gasteiger partial charge in [0.05, 0.1) is 17.3 Å². The summed E-state index contributed by atoms with van der Waals surface area (Å²) in [4.78, 5) is 24.9. The highest BCUT2D eigenvalue weighted by Gasteiger charge is 2.28. The van der Waals surface area contributed by atoms with Gasteiger partial charge in [-0.3, -0.25) is 9.59 Å². The molecule has 0 bridgehead atoms. The predicted molar refractivity (Wildman–Crippen MR) is 107 cm³/mol. The summed E-state index contributed by atoms with van der Waals surface area (Å²) < 4.78 is 3.64. The zero-order valence-electron chi connectivity index (χ0n) is 15.8. The second-order valence-electron chi connectivity index (χ2n) is 8.06. The standard InChI is InChI=1S/C22H24N4O2/c27-21-11-10-20(15-4-5-15)24-26(21)18-8-6-17(7-9-18)23-22(28)16-13-19-3-1-2-12-25(19)14-16/h1-3,10-15,17-18H,4-9H2,(H,23,28). The Morgan fingerprint density at radius 3 is 2.61 bits per heavy atom. The van der Waals surface area contributed by atoms with Crippen LogP contribution in [0.5, 0.6) is 0 Å². The van der Waals surface area contributed by atoms with Crippen LogP contribution in [0.3, 0.4) is 0 Å². The molecule has 0 atom stereocenters. The molecule has 3 aromatic rings. The van der Waals surface area contributed by atoms with Crippen molar-refractivity contribution < 1.29 is 4.79 Å². The molecule has 3 heterocycles. The Morgan fingerprint density at radius 1 is 1.04 bits per heavy atom. The van der Waals surface area contributed by atoms with Crippen molar-refractivity contribution in [1.29, 1.82) is 0 Å². The fraction of sp³-hybridized carbons (Fsp3) is 0.409. The molecule has 2 saturated carbocycles. The Labute approximate surface area is 163 Å². The highest BCUT2D eigenvalue weighted by atomic mass is 16.1. The Hall–Kier alpha value is -2.89. The summed E-state index contributed by atoms with van der Waals surface area (Å²) in [5.41, 5.74) is 2.73. The van der Waals surface area contributed by atoms with E-state index in [1.807, 2.05) is 47.1 Å². The summed E-state index contributed by atoms with van der Waals surface area (Å²) in [6, 6.07) is 11.6. The van der Waals surface area contributed by atoms with Gasteiger partial charge in [0.2, 0.25) is 0 Å². The van der Waals surface area contributed by atoms with Gasteiger partial charge in [0.1, 0.15) is 0 Å². The average molecular weight is 376 g/mol. The van der Waals surface area contributed by atoms with Crippen molar-refractivity contribution in [3.8, 4) is 0 Å². The number of carbonyl (C=O) groups is 1. The summed E-state index contributed by atoms with van der Waals surface area (Å²) >= 11 is 0. The average Bonchev–Trinajstić information content (AvgIpc) is 3.47. The van der Waals surface area contributed by atoms with Gasteiger partial charge in [-0.1, -0.05) is 6.07 Å². The van der Waals surface area contributed by atoms with E-state index in [0.29, 0.717) is 11.5 Å². The first-order valence-electron chi connectivity index (χ1n) is 10.1. The van der Waals surface area contributed by atoms with Crippen molar-refractivity contribution in [2.75, 3.05) is 0 Å². The fourth-order valence-corrected chi connectivity index (χ4v) is 4.21. The molecule has 6 nitrogen and oxygen atoms in total.